The van der Waals surface area contributed by atoms with Crippen LogP contribution in [0.15, 0.2) is 76.5 Å². The highest BCUT2D eigenvalue weighted by molar-refractivity contribution is 7.91. The summed E-state index contributed by atoms with van der Waals surface area (Å²) < 4.78 is 64.4. The molecule has 30 heavy (non-hydrogen) atoms. The van der Waals surface area contributed by atoms with E-state index in [0.29, 0.717) is 0 Å². The molecule has 0 atom stereocenters. The molecule has 9 heteroatoms. The van der Waals surface area contributed by atoms with Gasteiger partial charge in [0.2, 0.25) is 9.84 Å². The van der Waals surface area contributed by atoms with Gasteiger partial charge in [-0.15, -0.1) is 0 Å². The third-order valence-electron chi connectivity index (χ3n) is 4.65. The lowest BCUT2D eigenvalue weighted by Crippen LogP contribution is -2.21. The monoisotopic (exact) mass is 431 g/mol. The van der Waals surface area contributed by atoms with Crippen molar-refractivity contribution in [1.29, 1.82) is 0 Å². The minimum atomic E-state index is -4.58. The molecule has 0 unspecified atom stereocenters. The fraction of sp³-hybridized carbons (Fsp3) is 0.0476. The summed E-state index contributed by atoms with van der Waals surface area (Å²) in [5.41, 5.74) is -1.16. The number of benzene rings is 3. The van der Waals surface area contributed by atoms with Crippen LogP contribution in [-0.2, 0) is 16.0 Å². The number of carbonyl (C=O) groups excluding carboxylic acids is 2. The van der Waals surface area contributed by atoms with Crippen molar-refractivity contribution in [1.82, 2.24) is 0 Å². The second kappa shape index (κ2) is 6.81. The van der Waals surface area contributed by atoms with Gasteiger partial charge in [-0.25, -0.2) is 8.42 Å². The number of anilines is 1. The summed E-state index contributed by atoms with van der Waals surface area (Å²) in [5, 5.41) is 2.32. The topological polar surface area (TPSA) is 80.3 Å². The molecule has 0 bridgehead atoms. The van der Waals surface area contributed by atoms with Gasteiger partial charge in [0.25, 0.3) is 5.91 Å². The van der Waals surface area contributed by atoms with Crippen LogP contribution in [0.3, 0.4) is 0 Å². The minimum absolute atomic E-state index is 0.0474. The van der Waals surface area contributed by atoms with E-state index in [4.69, 9.17) is 0 Å². The first kappa shape index (κ1) is 19.8. The van der Waals surface area contributed by atoms with Gasteiger partial charge >= 0.3 is 6.18 Å². The third-order valence-corrected chi connectivity index (χ3v) is 6.50. The molecule has 0 fully saturated rings. The van der Waals surface area contributed by atoms with Crippen LogP contribution >= 0.6 is 0 Å². The molecule has 0 aromatic heterocycles. The highest BCUT2D eigenvalue weighted by Crippen LogP contribution is 2.35. The van der Waals surface area contributed by atoms with Crippen molar-refractivity contribution >= 4 is 27.2 Å². The lowest BCUT2D eigenvalue weighted by atomic mass is 10.0. The third kappa shape index (κ3) is 3.26. The molecule has 1 N–H and O–H groups in total. The molecular formula is C21H12F3NO4S. The summed E-state index contributed by atoms with van der Waals surface area (Å²) in [4.78, 5) is 24.7. The molecule has 0 aliphatic carbocycles. The van der Waals surface area contributed by atoms with E-state index in [2.05, 4.69) is 5.32 Å². The average molecular weight is 431 g/mol. The van der Waals surface area contributed by atoms with Crippen LogP contribution in [0, 0.1) is 0 Å². The molecule has 5 nitrogen and oxygen atoms in total. The van der Waals surface area contributed by atoms with Gasteiger partial charge in [0.05, 0.1) is 15.4 Å². The zero-order valence-electron chi connectivity index (χ0n) is 15.0. The van der Waals surface area contributed by atoms with Crippen LogP contribution in [0.1, 0.15) is 31.8 Å². The Morgan fingerprint density at radius 1 is 0.833 bits per heavy atom. The number of alkyl halides is 3. The van der Waals surface area contributed by atoms with Gasteiger partial charge in [0.1, 0.15) is 0 Å². The summed E-state index contributed by atoms with van der Waals surface area (Å²) in [6, 6.07) is 13.3. The molecule has 1 amide bonds. The van der Waals surface area contributed by atoms with E-state index in [9.17, 15) is 31.2 Å². The van der Waals surface area contributed by atoms with Gasteiger partial charge in [0, 0.05) is 22.4 Å². The predicted octanol–water partition coefficient (Wildman–Crippen LogP) is 4.33. The number of halogens is 3. The lowest BCUT2D eigenvalue weighted by Gasteiger charge is -2.19. The fourth-order valence-electron chi connectivity index (χ4n) is 3.20. The molecule has 0 radical (unpaired) electrons. The normalized spacial score (nSPS) is 14.6. The highest BCUT2D eigenvalue weighted by atomic mass is 32.2. The van der Waals surface area contributed by atoms with E-state index >= 15 is 0 Å². The van der Waals surface area contributed by atoms with E-state index in [1.165, 1.54) is 36.4 Å². The van der Waals surface area contributed by atoms with Crippen molar-refractivity contribution in [2.45, 2.75) is 16.0 Å². The largest absolute Gasteiger partial charge is 0.416 e. The maximum atomic E-state index is 12.9. The fourth-order valence-corrected chi connectivity index (χ4v) is 4.88. The molecule has 1 heterocycles. The SMILES string of the molecule is O=C(Nc1cccc(C(F)(F)F)c1)c1ccc2c(c1)S(=O)(=O)c1ccccc1C2=O. The van der Waals surface area contributed by atoms with E-state index in [1.54, 1.807) is 6.07 Å². The molecule has 4 rings (SSSR count). The molecule has 0 saturated carbocycles. The summed E-state index contributed by atoms with van der Waals surface area (Å²) in [5.74, 6) is -1.29. The lowest BCUT2D eigenvalue weighted by molar-refractivity contribution is -0.137. The first-order chi connectivity index (χ1) is 14.1. The van der Waals surface area contributed by atoms with Crippen LogP contribution in [0.5, 0.6) is 0 Å². The van der Waals surface area contributed by atoms with E-state index in [1.807, 2.05) is 0 Å². The van der Waals surface area contributed by atoms with Crippen molar-refractivity contribution < 1.29 is 31.2 Å². The molecular weight excluding hydrogens is 419 g/mol. The summed E-state index contributed by atoms with van der Waals surface area (Å²) >= 11 is 0. The zero-order valence-corrected chi connectivity index (χ0v) is 15.8. The number of fused-ring (bicyclic) bond motifs is 2. The van der Waals surface area contributed by atoms with E-state index in [-0.39, 0.29) is 32.2 Å². The number of sulfone groups is 1. The number of carbonyl (C=O) groups is 2. The molecule has 3 aromatic rings. The molecule has 152 valence electrons. The standard InChI is InChI=1S/C21H12F3NO4S/c22-21(23,24)13-4-3-5-14(11-13)25-20(27)12-8-9-16-18(10-12)30(28,29)17-7-2-1-6-15(17)19(16)26/h1-11H,(H,25,27). The Labute approximate surface area is 169 Å². The molecule has 3 aromatic carbocycles. The number of amides is 1. The number of nitrogens with one attached hydrogen (secondary N) is 1. The second-order valence-electron chi connectivity index (χ2n) is 6.57. The van der Waals surface area contributed by atoms with Crippen molar-refractivity contribution in [3.8, 4) is 0 Å². The maximum absolute atomic E-state index is 12.9. The Morgan fingerprint density at radius 3 is 2.27 bits per heavy atom. The van der Waals surface area contributed by atoms with Gasteiger partial charge in [-0.05, 0) is 48.5 Å². The van der Waals surface area contributed by atoms with Crippen molar-refractivity contribution in [2.75, 3.05) is 5.32 Å². The Bertz CT molecular complexity index is 1310. The predicted molar refractivity (Wildman–Crippen MR) is 101 cm³/mol. The van der Waals surface area contributed by atoms with Crippen LogP contribution < -0.4 is 5.32 Å². The van der Waals surface area contributed by atoms with Crippen LogP contribution in [0.2, 0.25) is 0 Å². The van der Waals surface area contributed by atoms with Gasteiger partial charge in [0.15, 0.2) is 5.78 Å². The van der Waals surface area contributed by atoms with Crippen molar-refractivity contribution in [3.05, 3.63) is 89.0 Å². The van der Waals surface area contributed by atoms with Crippen LogP contribution in [0.25, 0.3) is 0 Å². The molecule has 1 aliphatic rings. The Morgan fingerprint density at radius 2 is 1.53 bits per heavy atom. The zero-order chi connectivity index (χ0) is 21.7. The molecule has 1 aliphatic heterocycles. The highest BCUT2D eigenvalue weighted by Gasteiger charge is 2.35. The summed E-state index contributed by atoms with van der Waals surface area (Å²) in [6.45, 7) is 0. The maximum Gasteiger partial charge on any atom is 0.416 e. The second-order valence-corrected chi connectivity index (χ2v) is 8.46. The van der Waals surface area contributed by atoms with Gasteiger partial charge < -0.3 is 5.32 Å². The van der Waals surface area contributed by atoms with Gasteiger partial charge in [-0.3, -0.25) is 9.59 Å². The Hall–Kier alpha value is -3.46. The summed E-state index contributed by atoms with van der Waals surface area (Å²) in [6.07, 6.45) is -4.58. The van der Waals surface area contributed by atoms with Gasteiger partial charge in [-0.1, -0.05) is 18.2 Å². The van der Waals surface area contributed by atoms with Crippen LogP contribution in [0.4, 0.5) is 18.9 Å². The van der Waals surface area contributed by atoms with E-state index in [0.717, 1.165) is 24.3 Å². The first-order valence-electron chi connectivity index (χ1n) is 8.60. The number of rotatable bonds is 2. The smallest absolute Gasteiger partial charge is 0.322 e. The van der Waals surface area contributed by atoms with E-state index < -0.39 is 33.3 Å². The first-order valence-corrected chi connectivity index (χ1v) is 10.1. The summed E-state index contributed by atoms with van der Waals surface area (Å²) in [7, 11) is -4.04. The number of ketones is 1. The Balaban J connectivity index is 1.71. The number of hydrogen-bond donors (Lipinski definition) is 1. The quantitative estimate of drug-likeness (QED) is 0.512. The minimum Gasteiger partial charge on any atom is -0.322 e. The van der Waals surface area contributed by atoms with Crippen LogP contribution in [-0.4, -0.2) is 20.1 Å². The van der Waals surface area contributed by atoms with Gasteiger partial charge in [-0.2, -0.15) is 13.2 Å². The average Bonchev–Trinajstić information content (AvgIpc) is 2.71. The number of hydrogen-bond acceptors (Lipinski definition) is 4. The molecule has 0 saturated heterocycles. The Kier molecular flexibility index (Phi) is 4.50. The molecule has 0 spiro atoms. The van der Waals surface area contributed by atoms with Crippen molar-refractivity contribution in [2.24, 2.45) is 0 Å². The van der Waals surface area contributed by atoms with Crippen molar-refractivity contribution in [3.63, 3.8) is 0 Å².